The number of fused-ring (bicyclic) bond motifs is 1. The van der Waals surface area contributed by atoms with Crippen LogP contribution in [0.4, 0.5) is 13.2 Å². The molecule has 0 spiro atoms. The number of carbonyl (C=O) groups is 3. The molecule has 0 radical (unpaired) electrons. The van der Waals surface area contributed by atoms with Gasteiger partial charge in [0.1, 0.15) is 6.61 Å². The number of benzene rings is 2. The first-order valence-electron chi connectivity index (χ1n) is 7.51. The lowest BCUT2D eigenvalue weighted by Gasteiger charge is -2.16. The van der Waals surface area contributed by atoms with E-state index in [0.29, 0.717) is 0 Å². The zero-order chi connectivity index (χ0) is 18.9. The first-order valence-corrected chi connectivity index (χ1v) is 7.51. The molecule has 0 fully saturated rings. The fourth-order valence-electron chi connectivity index (χ4n) is 2.61. The summed E-state index contributed by atoms with van der Waals surface area (Å²) in [5.41, 5.74) is -1.48. The van der Waals surface area contributed by atoms with E-state index in [0.717, 1.165) is 24.3 Å². The number of hydrogen-bond donors (Lipinski definition) is 0. The van der Waals surface area contributed by atoms with Crippen LogP contribution in [-0.4, -0.2) is 24.1 Å². The molecule has 4 nitrogen and oxygen atoms in total. The van der Waals surface area contributed by atoms with Gasteiger partial charge in [0.25, 0.3) is 0 Å². The Balaban J connectivity index is 1.80. The monoisotopic (exact) mass is 360 g/mol. The number of alkyl halides is 3. The fourth-order valence-corrected chi connectivity index (χ4v) is 2.61. The van der Waals surface area contributed by atoms with E-state index < -0.39 is 41.4 Å². The Morgan fingerprint density at radius 1 is 0.923 bits per heavy atom. The van der Waals surface area contributed by atoms with Crippen molar-refractivity contribution in [2.75, 3.05) is 6.61 Å². The summed E-state index contributed by atoms with van der Waals surface area (Å²) >= 11 is 0. The number of allylic oxidation sites excluding steroid dienone is 1. The Bertz CT molecular complexity index is 942. The third-order valence-electron chi connectivity index (χ3n) is 3.85. The molecule has 0 unspecified atom stereocenters. The number of carbonyl (C=O) groups excluding carboxylic acids is 3. The normalized spacial score (nSPS) is 13.9. The lowest BCUT2D eigenvalue weighted by Crippen LogP contribution is -2.22. The van der Waals surface area contributed by atoms with Gasteiger partial charge in [0.05, 0.1) is 11.1 Å². The molecule has 1 aliphatic carbocycles. The standard InChI is InChI=1S/C19H11F3O4/c20-19(21,22)15-8-4-3-7-14(15)18(25)26-10-11-9-16(23)12-5-1-2-6-13(12)17(11)24/h1-9H,10H2. The van der Waals surface area contributed by atoms with E-state index in [4.69, 9.17) is 4.74 Å². The lowest BCUT2D eigenvalue weighted by molar-refractivity contribution is -0.138. The smallest absolute Gasteiger partial charge is 0.417 e. The van der Waals surface area contributed by atoms with E-state index in [1.54, 1.807) is 12.1 Å². The molecule has 0 saturated heterocycles. The molecular weight excluding hydrogens is 349 g/mol. The number of Topliss-reactive ketones (excluding diaryl/α,β-unsaturated/α-hetero) is 1. The van der Waals surface area contributed by atoms with Gasteiger partial charge >= 0.3 is 12.1 Å². The molecule has 132 valence electrons. The summed E-state index contributed by atoms with van der Waals surface area (Å²) in [6.45, 7) is -0.593. The van der Waals surface area contributed by atoms with Crippen LogP contribution in [0.15, 0.2) is 60.2 Å². The number of rotatable bonds is 3. The molecule has 0 heterocycles. The topological polar surface area (TPSA) is 60.4 Å². The second-order valence-corrected chi connectivity index (χ2v) is 5.53. The van der Waals surface area contributed by atoms with Gasteiger partial charge in [-0.1, -0.05) is 36.4 Å². The molecule has 0 saturated carbocycles. The maximum atomic E-state index is 13.0. The van der Waals surface area contributed by atoms with E-state index in [1.807, 2.05) is 0 Å². The van der Waals surface area contributed by atoms with Crippen LogP contribution in [0.1, 0.15) is 36.6 Å². The Kier molecular flexibility index (Phi) is 4.46. The Hall–Kier alpha value is -3.22. The molecule has 1 aliphatic rings. The molecule has 0 atom stereocenters. The molecule has 0 amide bonds. The van der Waals surface area contributed by atoms with Gasteiger partial charge in [0, 0.05) is 16.7 Å². The minimum atomic E-state index is -4.72. The summed E-state index contributed by atoms with van der Waals surface area (Å²) in [6.07, 6.45) is -3.68. The fraction of sp³-hybridized carbons (Fsp3) is 0.105. The van der Waals surface area contributed by atoms with Crippen LogP contribution in [0, 0.1) is 0 Å². The zero-order valence-corrected chi connectivity index (χ0v) is 13.2. The van der Waals surface area contributed by atoms with Gasteiger partial charge in [0.15, 0.2) is 11.6 Å². The highest BCUT2D eigenvalue weighted by atomic mass is 19.4. The average Bonchev–Trinajstić information content (AvgIpc) is 2.62. The van der Waals surface area contributed by atoms with Crippen molar-refractivity contribution in [2.45, 2.75) is 6.18 Å². The third-order valence-corrected chi connectivity index (χ3v) is 3.85. The number of hydrogen-bond acceptors (Lipinski definition) is 4. The van der Waals surface area contributed by atoms with Crippen molar-refractivity contribution in [3.05, 3.63) is 82.4 Å². The number of esters is 1. The van der Waals surface area contributed by atoms with Crippen LogP contribution in [0.2, 0.25) is 0 Å². The van der Waals surface area contributed by atoms with Gasteiger partial charge in [-0.15, -0.1) is 0 Å². The quantitative estimate of drug-likeness (QED) is 0.780. The number of halogens is 3. The van der Waals surface area contributed by atoms with Crippen LogP contribution >= 0.6 is 0 Å². The van der Waals surface area contributed by atoms with E-state index in [9.17, 15) is 27.6 Å². The Labute approximate surface area is 145 Å². The molecule has 26 heavy (non-hydrogen) atoms. The van der Waals surface area contributed by atoms with Gasteiger partial charge in [-0.2, -0.15) is 13.2 Å². The average molecular weight is 360 g/mol. The van der Waals surface area contributed by atoms with E-state index in [1.165, 1.54) is 18.2 Å². The number of ether oxygens (including phenoxy) is 1. The zero-order valence-electron chi connectivity index (χ0n) is 13.2. The van der Waals surface area contributed by atoms with Crippen molar-refractivity contribution in [1.29, 1.82) is 0 Å². The highest BCUT2D eigenvalue weighted by Gasteiger charge is 2.35. The van der Waals surface area contributed by atoms with Gasteiger partial charge < -0.3 is 4.74 Å². The van der Waals surface area contributed by atoms with Gasteiger partial charge in [-0.05, 0) is 18.2 Å². The first-order chi connectivity index (χ1) is 12.3. The first kappa shape index (κ1) is 17.6. The summed E-state index contributed by atoms with van der Waals surface area (Å²) in [6, 6.07) is 10.3. The van der Waals surface area contributed by atoms with E-state index in [2.05, 4.69) is 0 Å². The molecule has 2 aromatic carbocycles. The second kappa shape index (κ2) is 6.59. The summed E-state index contributed by atoms with van der Waals surface area (Å²) < 4.78 is 43.8. The summed E-state index contributed by atoms with van der Waals surface area (Å²) in [5, 5.41) is 0. The largest absolute Gasteiger partial charge is 0.457 e. The van der Waals surface area contributed by atoms with Crippen molar-refractivity contribution in [1.82, 2.24) is 0 Å². The number of ketones is 2. The van der Waals surface area contributed by atoms with Gasteiger partial charge in [-0.3, -0.25) is 9.59 Å². The molecule has 0 aliphatic heterocycles. The highest BCUT2D eigenvalue weighted by molar-refractivity contribution is 6.24. The summed E-state index contributed by atoms with van der Waals surface area (Å²) in [4.78, 5) is 36.4. The predicted octanol–water partition coefficient (Wildman–Crippen LogP) is 3.87. The van der Waals surface area contributed by atoms with Crippen molar-refractivity contribution < 1.29 is 32.3 Å². The van der Waals surface area contributed by atoms with Gasteiger partial charge in [-0.25, -0.2) is 4.79 Å². The molecule has 0 bridgehead atoms. The maximum absolute atomic E-state index is 13.0. The maximum Gasteiger partial charge on any atom is 0.417 e. The molecule has 7 heteroatoms. The van der Waals surface area contributed by atoms with Gasteiger partial charge in [0.2, 0.25) is 0 Å². The minimum Gasteiger partial charge on any atom is -0.457 e. The predicted molar refractivity (Wildman–Crippen MR) is 84.9 cm³/mol. The summed E-state index contributed by atoms with van der Waals surface area (Å²) in [5.74, 6) is -2.16. The molecule has 0 N–H and O–H groups in total. The minimum absolute atomic E-state index is 0.0912. The molecule has 2 aromatic rings. The van der Waals surface area contributed by atoms with Crippen LogP contribution < -0.4 is 0 Å². The van der Waals surface area contributed by atoms with Crippen LogP contribution in [-0.2, 0) is 10.9 Å². The Morgan fingerprint density at radius 3 is 2.23 bits per heavy atom. The van der Waals surface area contributed by atoms with Crippen molar-refractivity contribution >= 4 is 17.5 Å². The summed E-state index contributed by atoms with van der Waals surface area (Å²) in [7, 11) is 0. The molecule has 0 aromatic heterocycles. The van der Waals surface area contributed by atoms with Crippen LogP contribution in [0.25, 0.3) is 0 Å². The second-order valence-electron chi connectivity index (χ2n) is 5.53. The van der Waals surface area contributed by atoms with Crippen molar-refractivity contribution in [2.24, 2.45) is 0 Å². The van der Waals surface area contributed by atoms with Crippen molar-refractivity contribution in [3.8, 4) is 0 Å². The van der Waals surface area contributed by atoms with Crippen molar-refractivity contribution in [3.63, 3.8) is 0 Å². The van der Waals surface area contributed by atoms with Crippen LogP contribution in [0.5, 0.6) is 0 Å². The third kappa shape index (κ3) is 3.28. The molecule has 3 rings (SSSR count). The lowest BCUT2D eigenvalue weighted by atomic mass is 9.90. The van der Waals surface area contributed by atoms with Crippen LogP contribution in [0.3, 0.4) is 0 Å². The van der Waals surface area contributed by atoms with E-state index in [-0.39, 0.29) is 16.7 Å². The highest BCUT2D eigenvalue weighted by Crippen LogP contribution is 2.32. The molecular formula is C19H11F3O4. The SMILES string of the molecule is O=C1C=C(COC(=O)c2ccccc2C(F)(F)F)C(=O)c2ccccc21. The Morgan fingerprint density at radius 2 is 1.54 bits per heavy atom. The van der Waals surface area contributed by atoms with E-state index >= 15 is 0 Å².